The van der Waals surface area contributed by atoms with Gasteiger partial charge in [0.15, 0.2) is 0 Å². The molecule has 11 heteroatoms. The molecular formula is C24H17F4N5OS. The Morgan fingerprint density at radius 1 is 1.11 bits per heavy atom. The van der Waals surface area contributed by atoms with Crippen molar-refractivity contribution in [2.75, 3.05) is 22.9 Å². The number of urea groups is 1. The summed E-state index contributed by atoms with van der Waals surface area (Å²) >= 11 is 1.46. The molecule has 4 aromatic rings. The van der Waals surface area contributed by atoms with Crippen molar-refractivity contribution in [3.05, 3.63) is 71.0 Å². The van der Waals surface area contributed by atoms with Crippen LogP contribution in [0.4, 0.5) is 39.5 Å². The molecule has 35 heavy (non-hydrogen) atoms. The van der Waals surface area contributed by atoms with Gasteiger partial charge in [0.1, 0.15) is 11.6 Å². The minimum Gasteiger partial charge on any atom is -0.383 e. The number of hydrogen-bond acceptors (Lipinski definition) is 5. The van der Waals surface area contributed by atoms with E-state index in [1.54, 1.807) is 30.5 Å². The van der Waals surface area contributed by atoms with Crippen LogP contribution in [-0.4, -0.2) is 17.6 Å². The lowest BCUT2D eigenvalue weighted by molar-refractivity contribution is -0.137. The van der Waals surface area contributed by atoms with Gasteiger partial charge in [-0.05, 0) is 41.3 Å². The van der Waals surface area contributed by atoms with Gasteiger partial charge in [0, 0.05) is 22.8 Å². The number of anilines is 3. The molecule has 4 rings (SSSR count). The first kappa shape index (κ1) is 24.0. The predicted molar refractivity (Wildman–Crippen MR) is 129 cm³/mol. The van der Waals surface area contributed by atoms with Gasteiger partial charge >= 0.3 is 12.2 Å². The second-order valence-electron chi connectivity index (χ2n) is 7.27. The first-order valence-corrected chi connectivity index (χ1v) is 10.9. The molecule has 0 bridgehead atoms. The third-order valence-corrected chi connectivity index (χ3v) is 5.96. The Hall–Kier alpha value is -4.14. The van der Waals surface area contributed by atoms with Crippen LogP contribution in [0.15, 0.2) is 54.0 Å². The maximum absolute atomic E-state index is 13.9. The van der Waals surface area contributed by atoms with Crippen LogP contribution in [0.1, 0.15) is 11.1 Å². The van der Waals surface area contributed by atoms with E-state index < -0.39 is 29.3 Å². The van der Waals surface area contributed by atoms with Crippen LogP contribution in [0.5, 0.6) is 0 Å². The molecular weight excluding hydrogens is 482 g/mol. The average Bonchev–Trinajstić information content (AvgIpc) is 3.26. The lowest BCUT2D eigenvalue weighted by atomic mass is 10.0. The summed E-state index contributed by atoms with van der Waals surface area (Å²) in [5, 5.41) is 7.23. The summed E-state index contributed by atoms with van der Waals surface area (Å²) in [7, 11) is 0. The molecule has 0 saturated carbocycles. The maximum Gasteiger partial charge on any atom is 0.416 e. The lowest BCUT2D eigenvalue weighted by Crippen LogP contribution is -2.20. The number of alkyl halides is 3. The van der Waals surface area contributed by atoms with Crippen LogP contribution >= 0.6 is 11.3 Å². The van der Waals surface area contributed by atoms with E-state index in [4.69, 9.17) is 11.5 Å². The highest BCUT2D eigenvalue weighted by atomic mass is 32.1. The highest BCUT2D eigenvalue weighted by Gasteiger charge is 2.31. The van der Waals surface area contributed by atoms with E-state index in [0.29, 0.717) is 35.3 Å². The molecule has 0 saturated heterocycles. The van der Waals surface area contributed by atoms with Gasteiger partial charge in [-0.25, -0.2) is 14.2 Å². The van der Waals surface area contributed by atoms with Crippen LogP contribution in [0.25, 0.3) is 21.2 Å². The number of pyridine rings is 1. The van der Waals surface area contributed by atoms with Gasteiger partial charge in [0.05, 0.1) is 28.1 Å². The number of thiophene rings is 1. The van der Waals surface area contributed by atoms with E-state index >= 15 is 0 Å². The minimum atomic E-state index is -4.67. The summed E-state index contributed by atoms with van der Waals surface area (Å²) in [4.78, 5) is 16.5. The molecule has 0 fully saturated rings. The Kier molecular flexibility index (Phi) is 6.59. The normalized spacial score (nSPS) is 11.1. The van der Waals surface area contributed by atoms with Crippen LogP contribution in [0, 0.1) is 17.7 Å². The third-order valence-electron chi connectivity index (χ3n) is 4.95. The number of halogens is 4. The SMILES string of the molecule is NCC#Cc1cnc(N)c2c(-c3ccc(NC(=O)Nc4cc(C(F)(F)F)ccc4F)cc3)csc12. The number of fused-ring (bicyclic) bond motifs is 1. The number of nitrogens with zero attached hydrogens (tertiary/aromatic N) is 1. The van der Waals surface area contributed by atoms with Crippen molar-refractivity contribution in [3.8, 4) is 23.0 Å². The fourth-order valence-electron chi connectivity index (χ4n) is 3.33. The number of nitrogen functional groups attached to an aromatic ring is 1. The first-order valence-electron chi connectivity index (χ1n) is 10.1. The number of carbonyl (C=O) groups excluding carboxylic acids is 1. The summed E-state index contributed by atoms with van der Waals surface area (Å²) in [6.07, 6.45) is -3.07. The van der Waals surface area contributed by atoms with Crippen molar-refractivity contribution in [1.29, 1.82) is 0 Å². The fourth-order valence-corrected chi connectivity index (χ4v) is 4.38. The molecule has 0 aliphatic rings. The number of amides is 2. The van der Waals surface area contributed by atoms with Crippen molar-refractivity contribution in [3.63, 3.8) is 0 Å². The Bertz CT molecular complexity index is 1470. The summed E-state index contributed by atoms with van der Waals surface area (Å²) in [6, 6.07) is 7.55. The number of nitrogens with two attached hydrogens (primary N) is 2. The molecule has 6 N–H and O–H groups in total. The number of aromatic nitrogens is 1. The fraction of sp³-hybridized carbons (Fsp3) is 0.0833. The third kappa shape index (κ3) is 5.18. The maximum atomic E-state index is 13.9. The van der Waals surface area contributed by atoms with E-state index in [0.717, 1.165) is 21.2 Å². The highest BCUT2D eigenvalue weighted by Crippen LogP contribution is 2.38. The molecule has 2 aromatic carbocycles. The van der Waals surface area contributed by atoms with E-state index in [-0.39, 0.29) is 6.54 Å². The molecule has 0 aliphatic carbocycles. The quantitative estimate of drug-likeness (QED) is 0.216. The zero-order chi connectivity index (χ0) is 25.2. The highest BCUT2D eigenvalue weighted by molar-refractivity contribution is 7.18. The molecule has 178 valence electrons. The van der Waals surface area contributed by atoms with E-state index in [2.05, 4.69) is 27.5 Å². The van der Waals surface area contributed by atoms with E-state index in [9.17, 15) is 22.4 Å². The number of carbonyl (C=O) groups is 1. The van der Waals surface area contributed by atoms with Crippen LogP contribution in [-0.2, 0) is 6.18 Å². The summed E-state index contributed by atoms with van der Waals surface area (Å²) in [5.74, 6) is 5.14. The molecule has 0 atom stereocenters. The minimum absolute atomic E-state index is 0.215. The van der Waals surface area contributed by atoms with Crippen molar-refractivity contribution in [2.24, 2.45) is 5.73 Å². The average molecular weight is 499 g/mol. The van der Waals surface area contributed by atoms with Crippen molar-refractivity contribution < 1.29 is 22.4 Å². The molecule has 6 nitrogen and oxygen atoms in total. The summed E-state index contributed by atoms with van der Waals surface area (Å²) in [6.45, 7) is 0.215. The Morgan fingerprint density at radius 2 is 1.86 bits per heavy atom. The monoisotopic (exact) mass is 499 g/mol. The van der Waals surface area contributed by atoms with Crippen LogP contribution in [0.3, 0.4) is 0 Å². The summed E-state index contributed by atoms with van der Waals surface area (Å²) in [5.41, 5.74) is 12.6. The molecule has 2 aromatic heterocycles. The Labute approximate surface area is 201 Å². The summed E-state index contributed by atoms with van der Waals surface area (Å²) < 4.78 is 53.4. The second-order valence-corrected chi connectivity index (χ2v) is 8.15. The van der Waals surface area contributed by atoms with Crippen LogP contribution in [0.2, 0.25) is 0 Å². The molecule has 0 radical (unpaired) electrons. The van der Waals surface area contributed by atoms with Crippen molar-refractivity contribution in [1.82, 2.24) is 4.98 Å². The standard InChI is InChI=1S/C24H17F4N5OS/c25-18-8-5-15(24(26,27)28)10-19(18)33-23(34)32-16-6-3-13(4-7-16)17-12-35-21-14(2-1-9-29)11-31-22(30)20(17)21/h3-8,10-12H,9,29H2,(H2,30,31)(H2,32,33,34). The van der Waals surface area contributed by atoms with Gasteiger partial charge in [0.25, 0.3) is 0 Å². The van der Waals surface area contributed by atoms with Gasteiger partial charge in [-0.1, -0.05) is 24.0 Å². The van der Waals surface area contributed by atoms with Gasteiger partial charge in [-0.3, -0.25) is 0 Å². The molecule has 0 aliphatic heterocycles. The smallest absolute Gasteiger partial charge is 0.383 e. The number of nitrogens with one attached hydrogen (secondary N) is 2. The zero-order valence-electron chi connectivity index (χ0n) is 17.8. The molecule has 0 spiro atoms. The predicted octanol–water partition coefficient (Wildman–Crippen LogP) is 5.66. The van der Waals surface area contributed by atoms with Gasteiger partial charge in [-0.15, -0.1) is 11.3 Å². The van der Waals surface area contributed by atoms with E-state index in [1.165, 1.54) is 11.3 Å². The Morgan fingerprint density at radius 3 is 2.54 bits per heavy atom. The largest absolute Gasteiger partial charge is 0.416 e. The zero-order valence-corrected chi connectivity index (χ0v) is 18.7. The molecule has 2 heterocycles. The van der Waals surface area contributed by atoms with Gasteiger partial charge in [0.2, 0.25) is 0 Å². The van der Waals surface area contributed by atoms with Crippen LogP contribution < -0.4 is 22.1 Å². The topological polar surface area (TPSA) is 106 Å². The molecule has 2 amide bonds. The van der Waals surface area contributed by atoms with E-state index in [1.807, 2.05) is 5.38 Å². The number of hydrogen-bond donors (Lipinski definition) is 4. The Balaban J connectivity index is 1.54. The number of benzene rings is 2. The van der Waals surface area contributed by atoms with Crippen molar-refractivity contribution in [2.45, 2.75) is 6.18 Å². The second kappa shape index (κ2) is 9.61. The number of rotatable bonds is 3. The van der Waals surface area contributed by atoms with Gasteiger partial charge in [-0.2, -0.15) is 13.2 Å². The van der Waals surface area contributed by atoms with Crippen molar-refractivity contribution >= 4 is 44.6 Å². The lowest BCUT2D eigenvalue weighted by Gasteiger charge is -2.12. The first-order chi connectivity index (χ1) is 16.7. The van der Waals surface area contributed by atoms with Gasteiger partial charge < -0.3 is 22.1 Å². The molecule has 0 unspecified atom stereocenters.